The van der Waals surface area contributed by atoms with Gasteiger partial charge in [-0.25, -0.2) is 0 Å². The maximum Gasteiger partial charge on any atom is -0.0351 e. The van der Waals surface area contributed by atoms with E-state index in [1.54, 1.807) is 0 Å². The molecule has 108 valence electrons. The minimum absolute atomic E-state index is 1.26. The van der Waals surface area contributed by atoms with Crippen molar-refractivity contribution in [3.8, 4) is 0 Å². The SMILES string of the molecule is CCC/C=C/CCCCCCCCCCCCC. The van der Waals surface area contributed by atoms with E-state index in [0.29, 0.717) is 0 Å². The first-order valence-corrected chi connectivity index (χ1v) is 8.56. The van der Waals surface area contributed by atoms with Crippen LogP contribution in [0.25, 0.3) is 0 Å². The molecule has 0 heterocycles. The summed E-state index contributed by atoms with van der Waals surface area (Å²) >= 11 is 0. The Morgan fingerprint density at radius 2 is 0.889 bits per heavy atom. The summed E-state index contributed by atoms with van der Waals surface area (Å²) in [5, 5.41) is 0. The minimum Gasteiger partial charge on any atom is -0.0885 e. The van der Waals surface area contributed by atoms with Crippen LogP contribution in [0.2, 0.25) is 0 Å². The lowest BCUT2D eigenvalue weighted by Gasteiger charge is -2.01. The highest BCUT2D eigenvalue weighted by atomic mass is 14.0. The highest BCUT2D eigenvalue weighted by Crippen LogP contribution is 2.12. The molecule has 0 aliphatic rings. The number of rotatable bonds is 14. The zero-order chi connectivity index (χ0) is 13.3. The van der Waals surface area contributed by atoms with Gasteiger partial charge in [-0.3, -0.25) is 0 Å². The summed E-state index contributed by atoms with van der Waals surface area (Å²) < 4.78 is 0. The molecule has 0 heteroatoms. The van der Waals surface area contributed by atoms with E-state index in [-0.39, 0.29) is 0 Å². The molecule has 0 N–H and O–H groups in total. The Bertz CT molecular complexity index is 157. The second kappa shape index (κ2) is 16.7. The quantitative estimate of drug-likeness (QED) is 0.230. The monoisotopic (exact) mass is 252 g/mol. The third-order valence-electron chi connectivity index (χ3n) is 3.60. The molecule has 0 nitrogen and oxygen atoms in total. The minimum atomic E-state index is 1.26. The first kappa shape index (κ1) is 17.7. The van der Waals surface area contributed by atoms with E-state index in [1.165, 1.54) is 89.9 Å². The Labute approximate surface area is 116 Å². The molecule has 0 bridgehead atoms. The smallest absolute Gasteiger partial charge is 0.0351 e. The molecule has 18 heavy (non-hydrogen) atoms. The maximum absolute atomic E-state index is 2.37. The second-order valence-electron chi connectivity index (χ2n) is 5.58. The van der Waals surface area contributed by atoms with Gasteiger partial charge < -0.3 is 0 Å². The van der Waals surface area contributed by atoms with Crippen molar-refractivity contribution in [2.45, 2.75) is 104 Å². The molecule has 0 fully saturated rings. The van der Waals surface area contributed by atoms with Crippen molar-refractivity contribution < 1.29 is 0 Å². The van der Waals surface area contributed by atoms with Gasteiger partial charge in [-0.1, -0.05) is 96.6 Å². The first-order chi connectivity index (χ1) is 8.91. The van der Waals surface area contributed by atoms with Crippen molar-refractivity contribution in [1.29, 1.82) is 0 Å². The highest BCUT2D eigenvalue weighted by Gasteiger charge is 1.92. The van der Waals surface area contributed by atoms with E-state index in [0.717, 1.165) is 0 Å². The third kappa shape index (κ3) is 15.7. The van der Waals surface area contributed by atoms with Gasteiger partial charge in [-0.15, -0.1) is 0 Å². The fourth-order valence-corrected chi connectivity index (χ4v) is 2.33. The van der Waals surface area contributed by atoms with Crippen LogP contribution in [0.3, 0.4) is 0 Å². The van der Waals surface area contributed by atoms with E-state index < -0.39 is 0 Å². The summed E-state index contributed by atoms with van der Waals surface area (Å²) in [4.78, 5) is 0. The van der Waals surface area contributed by atoms with Crippen molar-refractivity contribution in [1.82, 2.24) is 0 Å². The van der Waals surface area contributed by atoms with Gasteiger partial charge in [0.1, 0.15) is 0 Å². The normalized spacial score (nSPS) is 11.4. The zero-order valence-electron chi connectivity index (χ0n) is 13.1. The van der Waals surface area contributed by atoms with Crippen LogP contribution >= 0.6 is 0 Å². The summed E-state index contributed by atoms with van der Waals surface area (Å²) in [5.41, 5.74) is 0. The summed E-state index contributed by atoms with van der Waals surface area (Å²) in [6.07, 6.45) is 24.5. The molecule has 0 aromatic carbocycles. The van der Waals surface area contributed by atoms with Crippen molar-refractivity contribution in [2.75, 3.05) is 0 Å². The van der Waals surface area contributed by atoms with Gasteiger partial charge in [0.05, 0.1) is 0 Å². The van der Waals surface area contributed by atoms with Crippen LogP contribution in [0.1, 0.15) is 104 Å². The molecule has 0 saturated heterocycles. The lowest BCUT2D eigenvalue weighted by Crippen LogP contribution is -1.81. The zero-order valence-corrected chi connectivity index (χ0v) is 13.1. The largest absolute Gasteiger partial charge is 0.0885 e. The molecular formula is C18H36. The van der Waals surface area contributed by atoms with Gasteiger partial charge >= 0.3 is 0 Å². The molecule has 0 spiro atoms. The van der Waals surface area contributed by atoms with Crippen LogP contribution in [-0.4, -0.2) is 0 Å². The van der Waals surface area contributed by atoms with Gasteiger partial charge in [-0.2, -0.15) is 0 Å². The lowest BCUT2D eigenvalue weighted by atomic mass is 10.1. The predicted molar refractivity (Wildman–Crippen MR) is 85.1 cm³/mol. The summed E-state index contributed by atoms with van der Waals surface area (Å²) in [7, 11) is 0. The van der Waals surface area contributed by atoms with E-state index in [2.05, 4.69) is 26.0 Å². The molecule has 0 aromatic rings. The molecule has 0 rings (SSSR count). The maximum atomic E-state index is 2.37. The van der Waals surface area contributed by atoms with Gasteiger partial charge in [0.25, 0.3) is 0 Å². The second-order valence-corrected chi connectivity index (χ2v) is 5.58. The average molecular weight is 252 g/mol. The number of unbranched alkanes of at least 4 members (excludes halogenated alkanes) is 12. The van der Waals surface area contributed by atoms with Crippen LogP contribution in [-0.2, 0) is 0 Å². The van der Waals surface area contributed by atoms with Crippen LogP contribution < -0.4 is 0 Å². The van der Waals surface area contributed by atoms with Crippen LogP contribution in [0.5, 0.6) is 0 Å². The average Bonchev–Trinajstić information content (AvgIpc) is 2.39. The Balaban J connectivity index is 2.94. The Morgan fingerprint density at radius 3 is 1.39 bits per heavy atom. The van der Waals surface area contributed by atoms with Gasteiger partial charge in [0, 0.05) is 0 Å². The molecule has 0 radical (unpaired) electrons. The number of hydrogen-bond donors (Lipinski definition) is 0. The van der Waals surface area contributed by atoms with Gasteiger partial charge in [-0.05, 0) is 19.3 Å². The summed E-state index contributed by atoms with van der Waals surface area (Å²) in [6.45, 7) is 4.53. The molecule has 0 saturated carbocycles. The molecule has 0 unspecified atom stereocenters. The fourth-order valence-electron chi connectivity index (χ4n) is 2.33. The lowest BCUT2D eigenvalue weighted by molar-refractivity contribution is 0.550. The van der Waals surface area contributed by atoms with Gasteiger partial charge in [0.15, 0.2) is 0 Å². The van der Waals surface area contributed by atoms with Crippen LogP contribution in [0, 0.1) is 0 Å². The van der Waals surface area contributed by atoms with Gasteiger partial charge in [0.2, 0.25) is 0 Å². The van der Waals surface area contributed by atoms with E-state index in [1.807, 2.05) is 0 Å². The topological polar surface area (TPSA) is 0 Å². The molecule has 0 atom stereocenters. The van der Waals surface area contributed by atoms with Crippen molar-refractivity contribution in [3.63, 3.8) is 0 Å². The standard InChI is InChI=1S/C18H36/c1-3-5-7-9-11-13-15-17-18-16-14-12-10-8-6-4-2/h7,9H,3-6,8,10-18H2,1-2H3/b9-7+. The fraction of sp³-hybridized carbons (Fsp3) is 0.889. The molecular weight excluding hydrogens is 216 g/mol. The van der Waals surface area contributed by atoms with Crippen LogP contribution in [0.15, 0.2) is 12.2 Å². The highest BCUT2D eigenvalue weighted by molar-refractivity contribution is 4.80. The van der Waals surface area contributed by atoms with Crippen molar-refractivity contribution in [2.24, 2.45) is 0 Å². The van der Waals surface area contributed by atoms with Crippen LogP contribution in [0.4, 0.5) is 0 Å². The van der Waals surface area contributed by atoms with Crippen molar-refractivity contribution >= 4 is 0 Å². The van der Waals surface area contributed by atoms with E-state index >= 15 is 0 Å². The molecule has 0 aliphatic heterocycles. The Hall–Kier alpha value is -0.260. The van der Waals surface area contributed by atoms with Crippen molar-refractivity contribution in [3.05, 3.63) is 12.2 Å². The van der Waals surface area contributed by atoms with E-state index in [4.69, 9.17) is 0 Å². The summed E-state index contributed by atoms with van der Waals surface area (Å²) in [5.74, 6) is 0. The Kier molecular flexibility index (Phi) is 16.5. The summed E-state index contributed by atoms with van der Waals surface area (Å²) in [6, 6.07) is 0. The number of allylic oxidation sites excluding steroid dienone is 2. The first-order valence-electron chi connectivity index (χ1n) is 8.56. The molecule has 0 aromatic heterocycles. The predicted octanol–water partition coefficient (Wildman–Crippen LogP) is 7.04. The third-order valence-corrected chi connectivity index (χ3v) is 3.60. The number of hydrogen-bond acceptors (Lipinski definition) is 0. The van der Waals surface area contributed by atoms with E-state index in [9.17, 15) is 0 Å². The molecule has 0 amide bonds. The molecule has 0 aliphatic carbocycles. The Morgan fingerprint density at radius 1 is 0.444 bits per heavy atom.